The summed E-state index contributed by atoms with van der Waals surface area (Å²) in [6.07, 6.45) is 6.27. The lowest BCUT2D eigenvalue weighted by molar-refractivity contribution is -0.384. The molecule has 2 N–H and O–H groups in total. The lowest BCUT2D eigenvalue weighted by atomic mass is 9.58. The van der Waals surface area contributed by atoms with Crippen LogP contribution >= 0.6 is 0 Å². The summed E-state index contributed by atoms with van der Waals surface area (Å²) in [5.74, 6) is -2.31. The number of amides is 2. The lowest BCUT2D eigenvalue weighted by Crippen LogP contribution is -2.46. The van der Waals surface area contributed by atoms with Gasteiger partial charge in [0.05, 0.1) is 34.2 Å². The Morgan fingerprint density at radius 3 is 2.64 bits per heavy atom. The maximum atomic E-state index is 14.0. The predicted molar refractivity (Wildman–Crippen MR) is 170 cm³/mol. The fraction of sp³-hybridized carbons (Fsp3) is 0.324. The van der Waals surface area contributed by atoms with E-state index in [2.05, 4.69) is 11.9 Å². The minimum atomic E-state index is -1.12. The fourth-order valence-corrected chi connectivity index (χ4v) is 7.21. The third-order valence-electron chi connectivity index (χ3n) is 9.09. The highest BCUT2D eigenvalue weighted by molar-refractivity contribution is 6.43. The Balaban J connectivity index is 1.33. The molecular weight excluding hydrogens is 573 g/mol. The zero-order chi connectivity index (χ0) is 31.7. The summed E-state index contributed by atoms with van der Waals surface area (Å²) in [7, 11) is -1.12. The SMILES string of the molecule is CCCC1=C2[C@@H](CC/C(=C/c3ccccc3O)c3ccccn3)OB(O)C[C@@H]2[C@@H]2C(=O)N(c3cccc([N+](=O)[O-])c3)C(=O)[C@@H]2C1. The number of nitro benzene ring substituents is 1. The molecular formula is C34H34BN3O7. The zero-order valence-electron chi connectivity index (χ0n) is 24.9. The Labute approximate surface area is 261 Å². The molecule has 3 heterocycles. The van der Waals surface area contributed by atoms with Gasteiger partial charge in [-0.2, -0.15) is 0 Å². The number of fused-ring (bicyclic) bond motifs is 3. The molecule has 0 saturated carbocycles. The van der Waals surface area contributed by atoms with Gasteiger partial charge in [-0.3, -0.25) is 24.7 Å². The highest BCUT2D eigenvalue weighted by Crippen LogP contribution is 2.52. The molecule has 10 nitrogen and oxygen atoms in total. The summed E-state index contributed by atoms with van der Waals surface area (Å²) < 4.78 is 6.17. The van der Waals surface area contributed by atoms with Crippen LogP contribution in [0.1, 0.15) is 50.3 Å². The molecule has 0 bridgehead atoms. The minimum absolute atomic E-state index is 0.152. The van der Waals surface area contributed by atoms with Gasteiger partial charge in [0.2, 0.25) is 11.8 Å². The first-order valence-electron chi connectivity index (χ1n) is 15.3. The van der Waals surface area contributed by atoms with Crippen molar-refractivity contribution in [1.82, 2.24) is 4.98 Å². The van der Waals surface area contributed by atoms with Crippen LogP contribution in [-0.4, -0.2) is 45.1 Å². The number of para-hydroxylation sites is 1. The van der Waals surface area contributed by atoms with Gasteiger partial charge in [-0.15, -0.1) is 0 Å². The molecule has 45 heavy (non-hydrogen) atoms. The van der Waals surface area contributed by atoms with E-state index in [0.29, 0.717) is 24.8 Å². The Hall–Kier alpha value is -4.61. The van der Waals surface area contributed by atoms with E-state index in [1.54, 1.807) is 24.4 Å². The first-order valence-corrected chi connectivity index (χ1v) is 15.3. The van der Waals surface area contributed by atoms with Crippen molar-refractivity contribution in [3.8, 4) is 5.75 Å². The average molecular weight is 607 g/mol. The Bertz CT molecular complexity index is 1690. The predicted octanol–water partition coefficient (Wildman–Crippen LogP) is 5.82. The molecule has 2 fully saturated rings. The number of aromatic hydroxyl groups is 1. The number of non-ortho nitro benzene ring substituents is 1. The minimum Gasteiger partial charge on any atom is -0.507 e. The highest BCUT2D eigenvalue weighted by Gasteiger charge is 2.57. The molecule has 2 aliphatic heterocycles. The van der Waals surface area contributed by atoms with Crippen molar-refractivity contribution in [3.63, 3.8) is 0 Å². The number of imide groups is 1. The molecule has 2 saturated heterocycles. The molecule has 0 radical (unpaired) electrons. The summed E-state index contributed by atoms with van der Waals surface area (Å²) in [6, 6.07) is 18.3. The summed E-state index contributed by atoms with van der Waals surface area (Å²) in [4.78, 5) is 44.3. The lowest BCUT2D eigenvalue weighted by Gasteiger charge is -2.43. The van der Waals surface area contributed by atoms with Crippen LogP contribution in [0.5, 0.6) is 5.75 Å². The number of pyridine rings is 1. The van der Waals surface area contributed by atoms with E-state index >= 15 is 0 Å². The Morgan fingerprint density at radius 2 is 1.91 bits per heavy atom. The number of phenols is 1. The van der Waals surface area contributed by atoms with Gasteiger partial charge in [0, 0.05) is 23.9 Å². The van der Waals surface area contributed by atoms with Gasteiger partial charge in [0.15, 0.2) is 0 Å². The number of phenolic OH excluding ortho intramolecular Hbond substituents is 1. The van der Waals surface area contributed by atoms with E-state index < -0.39 is 41.8 Å². The molecule has 3 aromatic rings. The number of allylic oxidation sites excluding steroid dienone is 2. The molecule has 3 aliphatic rings. The van der Waals surface area contributed by atoms with Crippen molar-refractivity contribution in [2.75, 3.05) is 4.90 Å². The van der Waals surface area contributed by atoms with Crippen LogP contribution in [0.25, 0.3) is 11.6 Å². The van der Waals surface area contributed by atoms with Crippen molar-refractivity contribution in [2.45, 2.75) is 51.5 Å². The summed E-state index contributed by atoms with van der Waals surface area (Å²) in [5, 5.41) is 32.8. The topological polar surface area (TPSA) is 143 Å². The van der Waals surface area contributed by atoms with Gasteiger partial charge in [-0.25, -0.2) is 4.90 Å². The van der Waals surface area contributed by atoms with Crippen molar-refractivity contribution in [2.24, 2.45) is 17.8 Å². The molecule has 4 atom stereocenters. The quantitative estimate of drug-likeness (QED) is 0.102. The van der Waals surface area contributed by atoms with Crippen LogP contribution in [0.2, 0.25) is 6.32 Å². The van der Waals surface area contributed by atoms with Crippen LogP contribution in [0, 0.1) is 27.9 Å². The van der Waals surface area contributed by atoms with E-state index in [1.807, 2.05) is 36.4 Å². The number of carbonyl (C=O) groups excluding carboxylic acids is 2. The molecule has 1 aliphatic carbocycles. The van der Waals surface area contributed by atoms with Crippen LogP contribution < -0.4 is 4.90 Å². The molecule has 2 aromatic carbocycles. The molecule has 11 heteroatoms. The standard InChI is InChI=1S/C34H34BN3O7/c1-2-8-23-18-26-32(34(41)37(33(26)40)24-10-7-11-25(19-24)38(43)44)27-20-35(42)45-30(31(23)27)15-14-21(28-12-5-6-16-36-28)17-22-9-3-4-13-29(22)39/h3-7,9-13,16-17,19,26-27,30,32,39,42H,2,8,14-15,18,20H2,1H3/b21-17-/t26-,27+,30-,32-/m1/s1. The van der Waals surface area contributed by atoms with Gasteiger partial charge >= 0.3 is 7.12 Å². The van der Waals surface area contributed by atoms with E-state index in [9.17, 15) is 29.8 Å². The number of benzene rings is 2. The monoisotopic (exact) mass is 607 g/mol. The summed E-state index contributed by atoms with van der Waals surface area (Å²) in [5.41, 5.74) is 4.33. The maximum Gasteiger partial charge on any atom is 0.455 e. The Kier molecular flexibility index (Phi) is 8.64. The molecule has 230 valence electrons. The molecule has 6 rings (SSSR count). The molecule has 0 spiro atoms. The smallest absolute Gasteiger partial charge is 0.455 e. The second-order valence-electron chi connectivity index (χ2n) is 11.8. The summed E-state index contributed by atoms with van der Waals surface area (Å²) in [6.45, 7) is 2.06. The highest BCUT2D eigenvalue weighted by atomic mass is 16.6. The number of carbonyl (C=O) groups is 2. The maximum absolute atomic E-state index is 14.0. The van der Waals surface area contributed by atoms with Gasteiger partial charge in [-0.05, 0) is 79.4 Å². The number of hydrogen-bond donors (Lipinski definition) is 2. The van der Waals surface area contributed by atoms with Crippen molar-refractivity contribution in [3.05, 3.63) is 105 Å². The van der Waals surface area contributed by atoms with Gasteiger partial charge < -0.3 is 14.8 Å². The van der Waals surface area contributed by atoms with Crippen LogP contribution in [-0.2, 0) is 14.2 Å². The number of aromatic nitrogens is 1. The number of anilines is 1. The third kappa shape index (κ3) is 5.93. The zero-order valence-corrected chi connectivity index (χ0v) is 24.9. The largest absolute Gasteiger partial charge is 0.507 e. The second kappa shape index (κ2) is 12.8. The van der Waals surface area contributed by atoms with E-state index in [1.165, 1.54) is 18.2 Å². The van der Waals surface area contributed by atoms with Crippen LogP contribution in [0.4, 0.5) is 11.4 Å². The molecule has 2 amide bonds. The van der Waals surface area contributed by atoms with Gasteiger partial charge in [-0.1, -0.05) is 49.2 Å². The number of nitrogens with zero attached hydrogens (tertiary/aromatic N) is 3. The van der Waals surface area contributed by atoms with Gasteiger partial charge in [0.25, 0.3) is 5.69 Å². The summed E-state index contributed by atoms with van der Waals surface area (Å²) >= 11 is 0. The second-order valence-corrected chi connectivity index (χ2v) is 11.8. The van der Waals surface area contributed by atoms with Crippen molar-refractivity contribution in [1.29, 1.82) is 0 Å². The van der Waals surface area contributed by atoms with Crippen LogP contribution in [0.15, 0.2) is 84.1 Å². The fourth-order valence-electron chi connectivity index (χ4n) is 7.21. The average Bonchev–Trinajstić information content (AvgIpc) is 3.29. The van der Waals surface area contributed by atoms with E-state index in [-0.39, 0.29) is 29.4 Å². The van der Waals surface area contributed by atoms with Crippen molar-refractivity contribution < 1.29 is 29.3 Å². The molecule has 1 aromatic heterocycles. The number of nitro groups is 1. The van der Waals surface area contributed by atoms with E-state index in [4.69, 9.17) is 4.65 Å². The first-order chi connectivity index (χ1) is 21.8. The van der Waals surface area contributed by atoms with E-state index in [0.717, 1.165) is 40.2 Å². The van der Waals surface area contributed by atoms with Gasteiger partial charge in [0.1, 0.15) is 5.75 Å². The number of hydrogen-bond acceptors (Lipinski definition) is 8. The Morgan fingerprint density at radius 1 is 1.11 bits per heavy atom. The normalized spacial score (nSPS) is 23.3. The first kappa shape index (κ1) is 30.4. The van der Waals surface area contributed by atoms with Crippen molar-refractivity contribution >= 4 is 42.0 Å². The number of rotatable bonds is 9. The molecule has 0 unspecified atom stereocenters. The third-order valence-corrected chi connectivity index (χ3v) is 9.09. The van der Waals surface area contributed by atoms with Crippen LogP contribution in [0.3, 0.4) is 0 Å².